The van der Waals surface area contributed by atoms with Crippen molar-refractivity contribution in [1.82, 2.24) is 24.6 Å². The third kappa shape index (κ3) is 3.52. The minimum Gasteiger partial charge on any atom is -0.299 e. The molecule has 0 N–H and O–H groups in total. The van der Waals surface area contributed by atoms with Crippen LogP contribution in [0.4, 0.5) is 0 Å². The second-order valence-corrected chi connectivity index (χ2v) is 8.81. The van der Waals surface area contributed by atoms with Crippen molar-refractivity contribution in [2.75, 3.05) is 20.1 Å². The SMILES string of the molecule is CCc1nn(C)cc1CN1CCC2(CC1)CC2N(C)Cc1nccs1. The molecule has 1 atom stereocenters. The first-order valence-corrected chi connectivity index (χ1v) is 10.3. The Morgan fingerprint density at radius 2 is 2.16 bits per heavy atom. The predicted octanol–water partition coefficient (Wildman–Crippen LogP) is 2.93. The van der Waals surface area contributed by atoms with E-state index in [9.17, 15) is 0 Å². The van der Waals surface area contributed by atoms with Gasteiger partial charge < -0.3 is 0 Å². The quantitative estimate of drug-likeness (QED) is 0.795. The molecule has 1 aliphatic carbocycles. The van der Waals surface area contributed by atoms with E-state index in [4.69, 9.17) is 0 Å². The van der Waals surface area contributed by atoms with Crippen LogP contribution in [0.5, 0.6) is 0 Å². The van der Waals surface area contributed by atoms with Crippen LogP contribution in [-0.4, -0.2) is 50.7 Å². The maximum Gasteiger partial charge on any atom is 0.107 e. The van der Waals surface area contributed by atoms with Crippen LogP contribution < -0.4 is 0 Å². The molecule has 1 unspecified atom stereocenters. The Kier molecular flexibility index (Phi) is 4.69. The fourth-order valence-corrected chi connectivity index (χ4v) is 5.23. The van der Waals surface area contributed by atoms with Gasteiger partial charge in [0, 0.05) is 43.0 Å². The third-order valence-electron chi connectivity index (χ3n) is 6.12. The van der Waals surface area contributed by atoms with Gasteiger partial charge in [0.2, 0.25) is 0 Å². The monoisotopic (exact) mass is 359 g/mol. The molecule has 1 spiro atoms. The maximum atomic E-state index is 4.58. The van der Waals surface area contributed by atoms with Crippen LogP contribution in [0.2, 0.25) is 0 Å². The lowest BCUT2D eigenvalue weighted by atomic mass is 9.92. The molecule has 0 bridgehead atoms. The number of aryl methyl sites for hydroxylation is 2. The molecule has 4 rings (SSSR count). The summed E-state index contributed by atoms with van der Waals surface area (Å²) >= 11 is 1.77. The van der Waals surface area contributed by atoms with Gasteiger partial charge in [0.25, 0.3) is 0 Å². The lowest BCUT2D eigenvalue weighted by Crippen LogP contribution is -2.37. The Morgan fingerprint density at radius 3 is 2.84 bits per heavy atom. The number of thiazole rings is 1. The van der Waals surface area contributed by atoms with E-state index >= 15 is 0 Å². The maximum absolute atomic E-state index is 4.58. The highest BCUT2D eigenvalue weighted by Gasteiger charge is 2.56. The van der Waals surface area contributed by atoms with Crippen molar-refractivity contribution in [1.29, 1.82) is 0 Å². The summed E-state index contributed by atoms with van der Waals surface area (Å²) in [5.74, 6) is 0. The van der Waals surface area contributed by atoms with Crippen LogP contribution in [0.3, 0.4) is 0 Å². The molecule has 1 saturated heterocycles. The van der Waals surface area contributed by atoms with Gasteiger partial charge >= 0.3 is 0 Å². The lowest BCUT2D eigenvalue weighted by Gasteiger charge is -2.34. The van der Waals surface area contributed by atoms with Crippen LogP contribution in [0, 0.1) is 5.41 Å². The van der Waals surface area contributed by atoms with E-state index in [1.807, 2.05) is 17.9 Å². The Morgan fingerprint density at radius 1 is 1.36 bits per heavy atom. The van der Waals surface area contributed by atoms with Gasteiger partial charge in [-0.15, -0.1) is 11.3 Å². The fraction of sp³-hybridized carbons (Fsp3) is 0.684. The van der Waals surface area contributed by atoms with Crippen molar-refractivity contribution in [3.8, 4) is 0 Å². The van der Waals surface area contributed by atoms with Gasteiger partial charge in [-0.25, -0.2) is 4.98 Å². The van der Waals surface area contributed by atoms with Crippen molar-refractivity contribution >= 4 is 11.3 Å². The smallest absolute Gasteiger partial charge is 0.107 e. The zero-order valence-corrected chi connectivity index (χ0v) is 16.4. The topological polar surface area (TPSA) is 37.2 Å². The average molecular weight is 360 g/mol. The molecule has 1 saturated carbocycles. The number of hydrogen-bond donors (Lipinski definition) is 0. The summed E-state index contributed by atoms with van der Waals surface area (Å²) in [4.78, 5) is 9.59. The van der Waals surface area contributed by atoms with Gasteiger partial charge in [-0.1, -0.05) is 6.92 Å². The summed E-state index contributed by atoms with van der Waals surface area (Å²) in [6.07, 6.45) is 9.18. The second kappa shape index (κ2) is 6.82. The molecule has 5 nitrogen and oxygen atoms in total. The van der Waals surface area contributed by atoms with Crippen LogP contribution in [-0.2, 0) is 26.6 Å². The lowest BCUT2D eigenvalue weighted by molar-refractivity contribution is 0.139. The summed E-state index contributed by atoms with van der Waals surface area (Å²) in [6.45, 7) is 6.71. The van der Waals surface area contributed by atoms with Crippen molar-refractivity contribution in [2.24, 2.45) is 12.5 Å². The molecule has 0 radical (unpaired) electrons. The summed E-state index contributed by atoms with van der Waals surface area (Å²) in [7, 11) is 4.30. The number of rotatable bonds is 6. The van der Waals surface area contributed by atoms with Crippen LogP contribution in [0.25, 0.3) is 0 Å². The van der Waals surface area contributed by atoms with Gasteiger partial charge in [0.1, 0.15) is 5.01 Å². The summed E-state index contributed by atoms with van der Waals surface area (Å²) in [5, 5.41) is 7.90. The van der Waals surface area contributed by atoms with E-state index in [1.165, 1.54) is 48.6 Å². The third-order valence-corrected chi connectivity index (χ3v) is 6.88. The molecule has 2 aromatic rings. The molecule has 6 heteroatoms. The number of hydrogen-bond acceptors (Lipinski definition) is 5. The standard InChI is InChI=1S/C19H29N5S/c1-4-16-15(12-23(3)21-16)13-24-8-5-19(6-9-24)11-17(19)22(2)14-18-20-7-10-25-18/h7,10,12,17H,4-6,8-9,11,13-14H2,1-3H3. The van der Waals surface area contributed by atoms with E-state index in [-0.39, 0.29) is 0 Å². The summed E-state index contributed by atoms with van der Waals surface area (Å²) in [5.41, 5.74) is 3.25. The van der Waals surface area contributed by atoms with E-state index in [0.717, 1.165) is 25.6 Å². The van der Waals surface area contributed by atoms with Gasteiger partial charge in [-0.2, -0.15) is 5.10 Å². The van der Waals surface area contributed by atoms with Crippen molar-refractivity contribution in [3.05, 3.63) is 34.0 Å². The first-order chi connectivity index (χ1) is 12.1. The molecule has 2 fully saturated rings. The summed E-state index contributed by atoms with van der Waals surface area (Å²) < 4.78 is 1.96. The van der Waals surface area contributed by atoms with Crippen molar-refractivity contribution in [3.63, 3.8) is 0 Å². The second-order valence-electron chi connectivity index (χ2n) is 7.83. The molecular formula is C19H29N5S. The van der Waals surface area contributed by atoms with Gasteiger partial charge in [0.15, 0.2) is 0 Å². The number of likely N-dealkylation sites (tertiary alicyclic amines) is 1. The Bertz CT molecular complexity index is 699. The molecule has 0 amide bonds. The zero-order chi connectivity index (χ0) is 17.4. The fourth-order valence-electron chi connectivity index (χ4n) is 4.55. The van der Waals surface area contributed by atoms with E-state index in [1.54, 1.807) is 11.3 Å². The molecular weight excluding hydrogens is 330 g/mol. The average Bonchev–Trinajstić information content (AvgIpc) is 2.93. The number of nitrogens with zero attached hydrogens (tertiary/aromatic N) is 5. The van der Waals surface area contributed by atoms with Crippen LogP contribution in [0.15, 0.2) is 17.8 Å². The molecule has 25 heavy (non-hydrogen) atoms. The van der Waals surface area contributed by atoms with E-state index in [0.29, 0.717) is 5.41 Å². The number of aromatic nitrogens is 3. The van der Waals surface area contributed by atoms with Gasteiger partial charge in [0.05, 0.1) is 12.2 Å². The molecule has 2 aliphatic rings. The highest BCUT2D eigenvalue weighted by atomic mass is 32.1. The number of piperidine rings is 1. The first kappa shape index (κ1) is 17.2. The van der Waals surface area contributed by atoms with E-state index in [2.05, 4.69) is 45.4 Å². The highest BCUT2D eigenvalue weighted by molar-refractivity contribution is 7.09. The Hall–Kier alpha value is -1.24. The minimum absolute atomic E-state index is 0.574. The minimum atomic E-state index is 0.574. The Labute approximate surface area is 154 Å². The first-order valence-electron chi connectivity index (χ1n) is 9.42. The largest absolute Gasteiger partial charge is 0.299 e. The van der Waals surface area contributed by atoms with E-state index < -0.39 is 0 Å². The van der Waals surface area contributed by atoms with Crippen LogP contribution >= 0.6 is 11.3 Å². The van der Waals surface area contributed by atoms with Gasteiger partial charge in [-0.05, 0) is 51.2 Å². The molecule has 2 aromatic heterocycles. The predicted molar refractivity (Wildman–Crippen MR) is 102 cm³/mol. The summed E-state index contributed by atoms with van der Waals surface area (Å²) in [6, 6.07) is 0.753. The van der Waals surface area contributed by atoms with Crippen LogP contribution in [0.1, 0.15) is 42.5 Å². The zero-order valence-electron chi connectivity index (χ0n) is 15.6. The molecule has 1 aliphatic heterocycles. The van der Waals surface area contributed by atoms with Crippen molar-refractivity contribution in [2.45, 2.75) is 51.7 Å². The molecule has 136 valence electrons. The highest BCUT2D eigenvalue weighted by Crippen LogP contribution is 2.56. The van der Waals surface area contributed by atoms with Gasteiger partial charge in [-0.3, -0.25) is 14.5 Å². The normalized spacial score (nSPS) is 22.8. The Balaban J connectivity index is 1.30. The van der Waals surface area contributed by atoms with Crippen molar-refractivity contribution < 1.29 is 0 Å². The molecule has 3 heterocycles. The molecule has 0 aromatic carbocycles.